The van der Waals surface area contributed by atoms with E-state index < -0.39 is 6.10 Å². The monoisotopic (exact) mass is 335 g/mol. The summed E-state index contributed by atoms with van der Waals surface area (Å²) in [4.78, 5) is 2.31. The Morgan fingerprint density at radius 1 is 1.33 bits per heavy atom. The highest BCUT2D eigenvalue weighted by Gasteiger charge is 2.21. The van der Waals surface area contributed by atoms with Crippen molar-refractivity contribution in [3.63, 3.8) is 0 Å². The number of aliphatic hydroxyl groups is 1. The smallest absolute Gasteiger partial charge is 0.0900 e. The topological polar surface area (TPSA) is 41.9 Å². The van der Waals surface area contributed by atoms with E-state index >= 15 is 0 Å². The average Bonchev–Trinajstić information content (AvgIpc) is 3.01. The first-order chi connectivity index (χ1) is 11.4. The van der Waals surface area contributed by atoms with Crippen LogP contribution >= 0.6 is 0 Å². The van der Waals surface area contributed by atoms with Gasteiger partial charge in [0.2, 0.25) is 0 Å². The zero-order chi connectivity index (χ0) is 17.5. The van der Waals surface area contributed by atoms with E-state index in [1.807, 2.05) is 13.8 Å². The second kappa shape index (κ2) is 9.52. The Balaban J connectivity index is 1.98. The summed E-state index contributed by atoms with van der Waals surface area (Å²) in [5.41, 5.74) is 3.91. The van der Waals surface area contributed by atoms with Gasteiger partial charge in [0.25, 0.3) is 0 Å². The minimum absolute atomic E-state index is 0.144. The number of rotatable bonds is 9. The molecule has 0 aromatic heterocycles. The molecule has 1 aliphatic heterocycles. The third kappa shape index (κ3) is 6.52. The lowest BCUT2D eigenvalue weighted by Crippen LogP contribution is -2.39. The van der Waals surface area contributed by atoms with Crippen molar-refractivity contribution in [1.29, 1.82) is 0 Å². The minimum Gasteiger partial charge on any atom is -0.389 e. The van der Waals surface area contributed by atoms with Crippen molar-refractivity contribution in [2.45, 2.75) is 65.4 Å². The van der Waals surface area contributed by atoms with Gasteiger partial charge in [-0.05, 0) is 51.7 Å². The molecular weight excluding hydrogens is 302 g/mol. The first-order valence-electron chi connectivity index (χ1n) is 9.13. The van der Waals surface area contributed by atoms with Gasteiger partial charge in [0.1, 0.15) is 0 Å². The molecule has 136 valence electrons. The van der Waals surface area contributed by atoms with Crippen LogP contribution in [0.15, 0.2) is 18.2 Å². The molecule has 4 nitrogen and oxygen atoms in total. The van der Waals surface area contributed by atoms with E-state index in [2.05, 4.69) is 36.9 Å². The molecule has 1 N–H and O–H groups in total. The Bertz CT molecular complexity index is 498. The van der Waals surface area contributed by atoms with Crippen molar-refractivity contribution in [3.8, 4) is 0 Å². The van der Waals surface area contributed by atoms with Crippen molar-refractivity contribution in [1.82, 2.24) is 4.90 Å². The van der Waals surface area contributed by atoms with Crippen LogP contribution < -0.4 is 0 Å². The predicted molar refractivity (Wildman–Crippen MR) is 97.3 cm³/mol. The summed E-state index contributed by atoms with van der Waals surface area (Å²) in [7, 11) is 0. The average molecular weight is 335 g/mol. The van der Waals surface area contributed by atoms with Gasteiger partial charge in [-0.3, -0.25) is 4.90 Å². The lowest BCUT2D eigenvalue weighted by molar-refractivity contribution is -0.0172. The third-order valence-electron chi connectivity index (χ3n) is 4.47. The highest BCUT2D eigenvalue weighted by atomic mass is 16.5. The molecular formula is C20H33NO3. The number of ether oxygens (including phenoxy) is 2. The van der Waals surface area contributed by atoms with E-state index in [-0.39, 0.29) is 12.2 Å². The van der Waals surface area contributed by atoms with Crippen molar-refractivity contribution >= 4 is 0 Å². The van der Waals surface area contributed by atoms with Gasteiger partial charge in [0, 0.05) is 26.2 Å². The first-order valence-corrected chi connectivity index (χ1v) is 9.13. The fourth-order valence-corrected chi connectivity index (χ4v) is 3.20. The Labute approximate surface area is 146 Å². The fraction of sp³-hybridized carbons (Fsp3) is 0.700. The van der Waals surface area contributed by atoms with E-state index in [0.29, 0.717) is 13.2 Å². The van der Waals surface area contributed by atoms with Crippen LogP contribution in [0.3, 0.4) is 0 Å². The van der Waals surface area contributed by atoms with Gasteiger partial charge in [-0.2, -0.15) is 0 Å². The maximum absolute atomic E-state index is 10.3. The van der Waals surface area contributed by atoms with Crippen LogP contribution in [0.1, 0.15) is 43.4 Å². The van der Waals surface area contributed by atoms with Gasteiger partial charge in [0.05, 0.1) is 24.9 Å². The van der Waals surface area contributed by atoms with E-state index in [9.17, 15) is 5.11 Å². The van der Waals surface area contributed by atoms with Crippen LogP contribution in [-0.2, 0) is 16.0 Å². The zero-order valence-electron chi connectivity index (χ0n) is 15.6. The van der Waals surface area contributed by atoms with Gasteiger partial charge in [0.15, 0.2) is 0 Å². The molecule has 2 atom stereocenters. The van der Waals surface area contributed by atoms with Gasteiger partial charge < -0.3 is 14.6 Å². The standard InChI is InChI=1S/C20H33NO3/c1-15(2)24-14-19(22)12-21(13-20-6-5-9-23-20)11-18-8-7-16(3)10-17(18)4/h7-8,10,15,19-20,22H,5-6,9,11-14H2,1-4H3/t19-,20-/m1/s1. The Hall–Kier alpha value is -0.940. The molecule has 0 saturated carbocycles. The molecule has 0 aliphatic carbocycles. The normalized spacial score (nSPS) is 19.4. The SMILES string of the molecule is Cc1ccc(CN(C[C@@H](O)COC(C)C)C[C@H]2CCCO2)c(C)c1. The van der Waals surface area contributed by atoms with Gasteiger partial charge >= 0.3 is 0 Å². The van der Waals surface area contributed by atoms with Gasteiger partial charge in [-0.1, -0.05) is 23.8 Å². The second-order valence-corrected chi connectivity index (χ2v) is 7.29. The highest BCUT2D eigenvalue weighted by Crippen LogP contribution is 2.18. The Kier molecular flexibility index (Phi) is 7.69. The molecule has 1 aromatic carbocycles. The zero-order valence-corrected chi connectivity index (χ0v) is 15.6. The number of benzene rings is 1. The van der Waals surface area contributed by atoms with Crippen molar-refractivity contribution in [3.05, 3.63) is 34.9 Å². The molecule has 2 rings (SSSR count). The summed E-state index contributed by atoms with van der Waals surface area (Å²) in [5.74, 6) is 0. The summed E-state index contributed by atoms with van der Waals surface area (Å²) < 4.78 is 11.4. The van der Waals surface area contributed by atoms with Crippen LogP contribution in [-0.4, -0.2) is 54.6 Å². The largest absolute Gasteiger partial charge is 0.389 e. The first kappa shape index (κ1) is 19.4. The second-order valence-electron chi connectivity index (χ2n) is 7.29. The van der Waals surface area contributed by atoms with E-state index in [0.717, 1.165) is 32.5 Å². The van der Waals surface area contributed by atoms with Crippen LogP contribution in [0.2, 0.25) is 0 Å². The molecule has 4 heteroatoms. The number of nitrogens with zero attached hydrogens (tertiary/aromatic N) is 1. The lowest BCUT2D eigenvalue weighted by atomic mass is 10.0. The quantitative estimate of drug-likeness (QED) is 0.753. The van der Waals surface area contributed by atoms with E-state index in [4.69, 9.17) is 9.47 Å². The molecule has 0 unspecified atom stereocenters. The summed E-state index contributed by atoms with van der Waals surface area (Å²) in [6.45, 7) is 11.8. The Morgan fingerprint density at radius 2 is 2.12 bits per heavy atom. The number of aryl methyl sites for hydroxylation is 2. The van der Waals surface area contributed by atoms with Crippen molar-refractivity contribution < 1.29 is 14.6 Å². The molecule has 0 amide bonds. The molecule has 24 heavy (non-hydrogen) atoms. The highest BCUT2D eigenvalue weighted by molar-refractivity contribution is 5.30. The van der Waals surface area contributed by atoms with Crippen LogP contribution in [0.5, 0.6) is 0 Å². The molecule has 0 radical (unpaired) electrons. The van der Waals surface area contributed by atoms with Gasteiger partial charge in [-0.25, -0.2) is 0 Å². The number of hydrogen-bond donors (Lipinski definition) is 1. The van der Waals surface area contributed by atoms with E-state index in [1.165, 1.54) is 16.7 Å². The number of aliphatic hydroxyl groups excluding tert-OH is 1. The van der Waals surface area contributed by atoms with Gasteiger partial charge in [-0.15, -0.1) is 0 Å². The summed E-state index contributed by atoms with van der Waals surface area (Å²) in [5, 5.41) is 10.3. The summed E-state index contributed by atoms with van der Waals surface area (Å²) in [6, 6.07) is 6.58. The molecule has 1 aliphatic rings. The molecule has 1 fully saturated rings. The molecule has 1 heterocycles. The predicted octanol–water partition coefficient (Wildman–Crippen LogP) is 3.07. The molecule has 1 saturated heterocycles. The third-order valence-corrected chi connectivity index (χ3v) is 4.47. The minimum atomic E-state index is -0.473. The van der Waals surface area contributed by atoms with E-state index in [1.54, 1.807) is 0 Å². The summed E-state index contributed by atoms with van der Waals surface area (Å²) in [6.07, 6.45) is 2.21. The lowest BCUT2D eigenvalue weighted by Gasteiger charge is -2.28. The Morgan fingerprint density at radius 3 is 2.75 bits per heavy atom. The van der Waals surface area contributed by atoms with Crippen LogP contribution in [0.25, 0.3) is 0 Å². The maximum Gasteiger partial charge on any atom is 0.0900 e. The van der Waals surface area contributed by atoms with Crippen molar-refractivity contribution in [2.75, 3.05) is 26.3 Å². The molecule has 0 bridgehead atoms. The van der Waals surface area contributed by atoms with Crippen molar-refractivity contribution in [2.24, 2.45) is 0 Å². The van der Waals surface area contributed by atoms with Crippen LogP contribution in [0.4, 0.5) is 0 Å². The number of hydrogen-bond acceptors (Lipinski definition) is 4. The fourth-order valence-electron chi connectivity index (χ4n) is 3.20. The molecule has 0 spiro atoms. The van der Waals surface area contributed by atoms with Crippen LogP contribution in [0, 0.1) is 13.8 Å². The molecule has 1 aromatic rings. The summed E-state index contributed by atoms with van der Waals surface area (Å²) >= 11 is 0. The maximum atomic E-state index is 10.3.